The van der Waals surface area contributed by atoms with Crippen LogP contribution in [0.15, 0.2) is 164 Å². The smallest absolute Gasteiger partial charge is 0.871 e. The van der Waals surface area contributed by atoms with Gasteiger partial charge in [-0.3, -0.25) is 0 Å². The molecule has 2 radical (unpaired) electrons. The molecule has 8 aromatic carbocycles. The summed E-state index contributed by atoms with van der Waals surface area (Å²) in [6.07, 6.45) is 0. The summed E-state index contributed by atoms with van der Waals surface area (Å²) < 4.78 is 74.5. The van der Waals surface area contributed by atoms with Crippen molar-refractivity contribution in [2.75, 3.05) is 10.6 Å². The third kappa shape index (κ3) is 15.9. The van der Waals surface area contributed by atoms with Crippen LogP contribution in [0, 0.1) is 0 Å². The van der Waals surface area contributed by atoms with Gasteiger partial charge in [0.25, 0.3) is 0 Å². The molecule has 0 unspecified atom stereocenters. The molecule has 0 fully saturated rings. The molecule has 380 valence electrons. The van der Waals surface area contributed by atoms with Crippen molar-refractivity contribution in [3.8, 4) is 22.6 Å². The van der Waals surface area contributed by atoms with Crippen molar-refractivity contribution in [3.05, 3.63) is 156 Å². The third-order valence-electron chi connectivity index (χ3n) is 10.7. The van der Waals surface area contributed by atoms with Crippen molar-refractivity contribution in [2.45, 2.75) is 9.79 Å². The summed E-state index contributed by atoms with van der Waals surface area (Å²) in [5.41, 5.74) is -3.61. The number of aromatic carboxylic acids is 4. The number of hydrogen-bond donors (Lipinski definition) is 2. The van der Waals surface area contributed by atoms with Gasteiger partial charge in [0.2, 0.25) is 0 Å². The molecule has 0 heterocycles. The maximum atomic E-state index is 13.6. The molecule has 22 nitrogen and oxygen atoms in total. The van der Waals surface area contributed by atoms with Crippen molar-refractivity contribution in [1.29, 1.82) is 0 Å². The number of carbonyl (C=O) groups excluding carboxylic acids is 4. The average Bonchev–Trinajstić information content (AvgIpc) is 3.32. The summed E-state index contributed by atoms with van der Waals surface area (Å²) in [6.45, 7) is 0. The van der Waals surface area contributed by atoms with Gasteiger partial charge in [0.05, 0.1) is 56.4 Å². The molecule has 2 N–H and O–H groups in total. The molecule has 0 amide bonds. The number of nitrogens with zero attached hydrogens (tertiary/aromatic N) is 4. The molecule has 8 rings (SSSR count). The van der Waals surface area contributed by atoms with Crippen LogP contribution in [0.25, 0.3) is 32.7 Å². The Morgan fingerprint density at radius 2 is 0.756 bits per heavy atom. The molecular weight excluding hydrogens is 1200 g/mol. The molecule has 0 saturated heterocycles. The van der Waals surface area contributed by atoms with Crippen molar-refractivity contribution < 1.29 is 228 Å². The molecule has 0 aliphatic rings. The molecule has 78 heavy (non-hydrogen) atoms. The summed E-state index contributed by atoms with van der Waals surface area (Å²) >= 11 is 0. The van der Waals surface area contributed by atoms with Gasteiger partial charge >= 0.3 is 152 Å². The molecule has 0 atom stereocenters. The van der Waals surface area contributed by atoms with E-state index in [0.29, 0.717) is 11.4 Å². The molecule has 0 aliphatic carbocycles. The first-order valence-electron chi connectivity index (χ1n) is 20.2. The van der Waals surface area contributed by atoms with E-state index in [4.69, 9.17) is 0 Å². The van der Waals surface area contributed by atoms with Crippen molar-refractivity contribution >= 4 is 111 Å². The van der Waals surface area contributed by atoms with E-state index in [1.807, 2.05) is 0 Å². The summed E-state index contributed by atoms with van der Waals surface area (Å²) in [5.74, 6) is -8.80. The minimum atomic E-state index is -5.44. The van der Waals surface area contributed by atoms with E-state index in [0.717, 1.165) is 36.4 Å². The number of nitrogens with one attached hydrogen (secondary N) is 2. The second kappa shape index (κ2) is 28.7. The van der Waals surface area contributed by atoms with E-state index < -0.39 is 99.3 Å². The van der Waals surface area contributed by atoms with Crippen LogP contribution in [-0.2, 0) is 54.4 Å². The minimum Gasteiger partial charge on any atom is -0.871 e. The first kappa shape index (κ1) is 69.5. The average molecular weight is 1220 g/mol. The summed E-state index contributed by atoms with van der Waals surface area (Å²) in [6, 6.07) is 27.0. The second-order valence-electron chi connectivity index (χ2n) is 15.3. The van der Waals surface area contributed by atoms with E-state index in [2.05, 4.69) is 31.1 Å². The van der Waals surface area contributed by atoms with E-state index in [1.165, 1.54) is 97.1 Å². The minimum absolute atomic E-state index is 0. The van der Waals surface area contributed by atoms with Crippen LogP contribution in [-0.4, -0.2) is 49.8 Å². The fraction of sp³-hybridized carbons (Fsp3) is 0. The summed E-state index contributed by atoms with van der Waals surface area (Å²) in [7, 11) is -10.9. The maximum absolute atomic E-state index is 13.6. The fourth-order valence-electron chi connectivity index (χ4n) is 7.32. The van der Waals surface area contributed by atoms with E-state index in [9.17, 15) is 75.8 Å². The molecule has 8 aromatic rings. The first-order chi connectivity index (χ1) is 34.0. The predicted molar refractivity (Wildman–Crippen MR) is 240 cm³/mol. The van der Waals surface area contributed by atoms with Crippen molar-refractivity contribution in [2.24, 2.45) is 20.5 Å². The van der Waals surface area contributed by atoms with Crippen LogP contribution in [0.1, 0.15) is 41.4 Å². The monoisotopic (exact) mass is 1220 g/mol. The van der Waals surface area contributed by atoms with Crippen molar-refractivity contribution in [1.82, 2.24) is 0 Å². The largest absolute Gasteiger partial charge is 2.00 e. The second-order valence-corrected chi connectivity index (χ2v) is 18.0. The van der Waals surface area contributed by atoms with Gasteiger partial charge < -0.3 is 69.6 Å². The Morgan fingerprint density at radius 1 is 0.410 bits per heavy atom. The van der Waals surface area contributed by atoms with Gasteiger partial charge in [-0.2, -0.15) is 0 Å². The van der Waals surface area contributed by atoms with Crippen LogP contribution in [0.3, 0.4) is 0 Å². The zero-order chi connectivity index (χ0) is 51.8. The summed E-state index contributed by atoms with van der Waals surface area (Å²) in [4.78, 5) is 45.1. The number of benzene rings is 8. The SMILES string of the molecule is O=C([O-])c1cccc(Nc2ccc3c([O-])c(N=Nc4ccc(-c5ccc(N=Nc6c(S(=O)(=O)[O-])cc7cc(Nc8cccc(C(=O)[O-])c8)ccc7c6[O-])c(C(=O)[O-])c5)cc4C(=O)[O-])c(S(=O)(=O)[O-])cc3c2)c1.[Cu+2].[Cu+2].[Na+].[Na+].[Na+].[Na+]. The summed E-state index contributed by atoms with van der Waals surface area (Å²) in [5, 5.41) is 94.8. The van der Waals surface area contributed by atoms with Gasteiger partial charge in [0, 0.05) is 33.9 Å². The zero-order valence-electron chi connectivity index (χ0n) is 40.4. The topological polar surface area (TPSA) is 395 Å². The number of carbonyl (C=O) groups is 4. The van der Waals surface area contributed by atoms with Crippen LogP contribution >= 0.6 is 0 Å². The van der Waals surface area contributed by atoms with Crippen LogP contribution < -0.4 is 160 Å². The Hall–Kier alpha value is -4.58. The molecule has 0 bridgehead atoms. The molecule has 0 aromatic heterocycles. The van der Waals surface area contributed by atoms with Crippen LogP contribution in [0.5, 0.6) is 11.5 Å². The number of anilines is 4. The Bertz CT molecular complexity index is 3720. The Labute approximate surface area is 551 Å². The van der Waals surface area contributed by atoms with Gasteiger partial charge in [-0.15, -0.1) is 20.5 Å². The Balaban J connectivity index is 0.00000347. The molecule has 30 heteroatoms. The number of azo groups is 2. The number of rotatable bonds is 15. The molecular formula is C48H24Cu2N6Na4O16S2. The van der Waals surface area contributed by atoms with E-state index in [-0.39, 0.29) is 208 Å². The molecule has 0 saturated carbocycles. The van der Waals surface area contributed by atoms with Gasteiger partial charge in [0.1, 0.15) is 20.2 Å². The predicted octanol–water partition coefficient (Wildman–Crippen LogP) is -8.60. The van der Waals surface area contributed by atoms with Crippen LogP contribution in [0.2, 0.25) is 0 Å². The van der Waals surface area contributed by atoms with Gasteiger partial charge in [-0.05, 0) is 129 Å². The van der Waals surface area contributed by atoms with Gasteiger partial charge in [-0.1, -0.05) is 60.0 Å². The standard InChI is InChI=1S/C48H32N6O16S2.2Cu.4Na/c55-43-33-11-9-31(49-29-5-1-3-25(15-29)45(57)58)17-27(33)21-39(71(65,66)67)41(43)53-51-37-13-7-23(19-35(37)47(61)62)24-8-14-38(36(20-24)48(63)64)52-54-42-40(72(68,69)70)22-28-18-32(10-12-34(28)44(42)56)50-30-6-2-4-26(16-30)46(59)60;;;;;;/h1-22,49-50,55-56H,(H,57,58)(H,59,60)(H,61,62)(H,63,64)(H,65,66,67)(H,68,69,70);;;;;;/q;2*+2;4*+1/p-8. The van der Waals surface area contributed by atoms with E-state index in [1.54, 1.807) is 0 Å². The van der Waals surface area contributed by atoms with E-state index >= 15 is 0 Å². The Morgan fingerprint density at radius 3 is 1.08 bits per heavy atom. The van der Waals surface area contributed by atoms with Crippen LogP contribution in [0.4, 0.5) is 45.5 Å². The fourth-order valence-corrected chi connectivity index (χ4v) is 8.61. The zero-order valence-corrected chi connectivity index (χ0v) is 52.0. The maximum Gasteiger partial charge on any atom is 2.00 e. The first-order valence-corrected chi connectivity index (χ1v) is 23.1. The molecule has 0 aliphatic heterocycles. The van der Waals surface area contributed by atoms with Gasteiger partial charge in [-0.25, -0.2) is 16.8 Å². The Kier molecular flexibility index (Phi) is 25.6. The number of fused-ring (bicyclic) bond motifs is 2. The van der Waals surface area contributed by atoms with Crippen molar-refractivity contribution in [3.63, 3.8) is 0 Å². The number of hydrogen-bond acceptors (Lipinski definition) is 22. The normalized spacial score (nSPS) is 10.9. The molecule has 0 spiro atoms. The quantitative estimate of drug-likeness (QED) is 0.0547. The third-order valence-corrected chi connectivity index (χ3v) is 12.4. The number of carboxylic acid groups (broad SMARTS) is 4. The van der Waals surface area contributed by atoms with Gasteiger partial charge in [0.15, 0.2) is 0 Å². The number of carboxylic acids is 4.